The first-order valence-corrected chi connectivity index (χ1v) is 7.11. The van der Waals surface area contributed by atoms with Gasteiger partial charge in [0.1, 0.15) is 11.6 Å². The zero-order valence-corrected chi connectivity index (χ0v) is 11.9. The molecule has 1 aliphatic carbocycles. The second kappa shape index (κ2) is 5.60. The first-order chi connectivity index (χ1) is 10.2. The molecule has 2 aromatic rings. The summed E-state index contributed by atoms with van der Waals surface area (Å²) in [5, 5.41) is 14.6. The minimum absolute atomic E-state index is 0.0631. The molecule has 1 aliphatic rings. The maximum absolute atomic E-state index is 11.3. The summed E-state index contributed by atoms with van der Waals surface area (Å²) < 4.78 is 5.26. The Balaban J connectivity index is 1.94. The van der Waals surface area contributed by atoms with Gasteiger partial charge in [-0.2, -0.15) is 0 Å². The molecule has 0 amide bonds. The number of rotatable bonds is 4. The van der Waals surface area contributed by atoms with Crippen molar-refractivity contribution in [3.63, 3.8) is 0 Å². The molecule has 5 heteroatoms. The molecule has 3 rings (SSSR count). The summed E-state index contributed by atoms with van der Waals surface area (Å²) in [5.74, 6) is 0.416. The Hall–Kier alpha value is -2.30. The lowest BCUT2D eigenvalue weighted by molar-refractivity contribution is -0.141. The smallest absolute Gasteiger partial charge is 0.308 e. The van der Waals surface area contributed by atoms with Gasteiger partial charge in [-0.3, -0.25) is 4.79 Å². The van der Waals surface area contributed by atoms with Crippen LogP contribution in [0, 0.1) is 5.92 Å². The Morgan fingerprint density at radius 2 is 2.24 bits per heavy atom. The maximum Gasteiger partial charge on any atom is 0.308 e. The van der Waals surface area contributed by atoms with Crippen LogP contribution in [-0.2, 0) is 4.79 Å². The average Bonchev–Trinajstić information content (AvgIpc) is 2.95. The highest BCUT2D eigenvalue weighted by atomic mass is 16.5. The Morgan fingerprint density at radius 1 is 1.38 bits per heavy atom. The number of aromatic nitrogens is 1. The van der Waals surface area contributed by atoms with Crippen LogP contribution < -0.4 is 10.1 Å². The van der Waals surface area contributed by atoms with Crippen molar-refractivity contribution in [3.05, 3.63) is 30.5 Å². The largest absolute Gasteiger partial charge is 0.497 e. The lowest BCUT2D eigenvalue weighted by atomic mass is 10.0. The third kappa shape index (κ3) is 2.63. The van der Waals surface area contributed by atoms with Crippen LogP contribution in [0.4, 0.5) is 5.82 Å². The van der Waals surface area contributed by atoms with E-state index >= 15 is 0 Å². The molecule has 1 aromatic carbocycles. The number of hydrogen-bond acceptors (Lipinski definition) is 4. The van der Waals surface area contributed by atoms with Gasteiger partial charge in [0.05, 0.1) is 13.0 Å². The van der Waals surface area contributed by atoms with Crippen molar-refractivity contribution in [2.24, 2.45) is 5.92 Å². The van der Waals surface area contributed by atoms with Crippen molar-refractivity contribution < 1.29 is 14.6 Å². The number of nitrogens with one attached hydrogen (secondary N) is 1. The molecule has 2 unspecified atom stereocenters. The molecule has 1 heterocycles. The first-order valence-electron chi connectivity index (χ1n) is 7.11. The molecule has 1 saturated carbocycles. The van der Waals surface area contributed by atoms with Crippen LogP contribution in [0.2, 0.25) is 0 Å². The number of carboxylic acids is 1. The summed E-state index contributed by atoms with van der Waals surface area (Å²) in [6.45, 7) is 0. The van der Waals surface area contributed by atoms with Crippen LogP contribution >= 0.6 is 0 Å². The molecule has 0 bridgehead atoms. The summed E-state index contributed by atoms with van der Waals surface area (Å²) in [4.78, 5) is 15.7. The van der Waals surface area contributed by atoms with Crippen LogP contribution in [-0.4, -0.2) is 29.2 Å². The van der Waals surface area contributed by atoms with Crippen molar-refractivity contribution in [1.29, 1.82) is 0 Å². The molecule has 2 N–H and O–H groups in total. The third-order valence-corrected chi connectivity index (χ3v) is 4.13. The van der Waals surface area contributed by atoms with E-state index in [0.29, 0.717) is 0 Å². The standard InChI is InChI=1S/C16H18N2O3/c1-21-11-6-5-10-7-8-17-15(13(10)9-11)18-14-4-2-3-12(14)16(19)20/h5-9,12,14H,2-4H2,1H3,(H,17,18)(H,19,20). The van der Waals surface area contributed by atoms with E-state index in [1.54, 1.807) is 13.3 Å². The lowest BCUT2D eigenvalue weighted by Crippen LogP contribution is -2.30. The summed E-state index contributed by atoms with van der Waals surface area (Å²) in [6.07, 6.45) is 4.25. The number of pyridine rings is 1. The van der Waals surface area contributed by atoms with Crippen LogP contribution in [0.3, 0.4) is 0 Å². The van der Waals surface area contributed by atoms with Gasteiger partial charge in [-0.25, -0.2) is 4.98 Å². The third-order valence-electron chi connectivity index (χ3n) is 4.13. The topological polar surface area (TPSA) is 71.5 Å². The van der Waals surface area contributed by atoms with E-state index < -0.39 is 5.97 Å². The number of carbonyl (C=O) groups is 1. The molecule has 110 valence electrons. The Kier molecular flexibility index (Phi) is 3.64. The average molecular weight is 286 g/mol. The van der Waals surface area contributed by atoms with Crippen molar-refractivity contribution in [3.8, 4) is 5.75 Å². The molecule has 2 atom stereocenters. The van der Waals surface area contributed by atoms with Crippen molar-refractivity contribution >= 4 is 22.6 Å². The van der Waals surface area contributed by atoms with Crippen molar-refractivity contribution in [1.82, 2.24) is 4.98 Å². The van der Waals surface area contributed by atoms with E-state index in [0.717, 1.165) is 41.6 Å². The number of benzene rings is 1. The number of aliphatic carboxylic acids is 1. The van der Waals surface area contributed by atoms with E-state index in [9.17, 15) is 9.90 Å². The highest BCUT2D eigenvalue weighted by molar-refractivity contribution is 5.93. The Morgan fingerprint density at radius 3 is 3.00 bits per heavy atom. The van der Waals surface area contributed by atoms with Crippen LogP contribution in [0.25, 0.3) is 10.8 Å². The van der Waals surface area contributed by atoms with Gasteiger partial charge in [-0.05, 0) is 36.4 Å². The second-order valence-electron chi connectivity index (χ2n) is 5.37. The fraction of sp³-hybridized carbons (Fsp3) is 0.375. The van der Waals surface area contributed by atoms with Crippen molar-refractivity contribution in [2.75, 3.05) is 12.4 Å². The Bertz CT molecular complexity index is 672. The molecule has 21 heavy (non-hydrogen) atoms. The summed E-state index contributed by atoms with van der Waals surface area (Å²) in [7, 11) is 1.63. The first kappa shape index (κ1) is 13.7. The van der Waals surface area contributed by atoms with Gasteiger partial charge in [0.2, 0.25) is 0 Å². The van der Waals surface area contributed by atoms with E-state index in [-0.39, 0.29) is 12.0 Å². The monoisotopic (exact) mass is 286 g/mol. The van der Waals surface area contributed by atoms with Crippen molar-refractivity contribution in [2.45, 2.75) is 25.3 Å². The number of nitrogens with zero attached hydrogens (tertiary/aromatic N) is 1. The fourth-order valence-corrected chi connectivity index (χ4v) is 2.99. The van der Waals surface area contributed by atoms with E-state index in [1.807, 2.05) is 24.3 Å². The van der Waals surface area contributed by atoms with Gasteiger partial charge in [-0.15, -0.1) is 0 Å². The van der Waals surface area contributed by atoms with Gasteiger partial charge in [-0.1, -0.05) is 12.5 Å². The van der Waals surface area contributed by atoms with E-state index in [4.69, 9.17) is 4.74 Å². The summed E-state index contributed by atoms with van der Waals surface area (Å²) in [6, 6.07) is 7.68. The normalized spacial score (nSPS) is 21.4. The molecule has 0 radical (unpaired) electrons. The highest BCUT2D eigenvalue weighted by Crippen LogP contribution is 2.31. The van der Waals surface area contributed by atoms with Gasteiger partial charge >= 0.3 is 5.97 Å². The molecule has 0 spiro atoms. The van der Waals surface area contributed by atoms with Crippen LogP contribution in [0.1, 0.15) is 19.3 Å². The van der Waals surface area contributed by atoms with Gasteiger partial charge in [0.25, 0.3) is 0 Å². The summed E-state index contributed by atoms with van der Waals surface area (Å²) in [5.41, 5.74) is 0. The minimum atomic E-state index is -0.734. The number of anilines is 1. The predicted molar refractivity (Wildman–Crippen MR) is 80.7 cm³/mol. The zero-order valence-electron chi connectivity index (χ0n) is 11.9. The van der Waals surface area contributed by atoms with Crippen LogP contribution in [0.5, 0.6) is 5.75 Å². The number of methoxy groups -OCH3 is 1. The molecular weight excluding hydrogens is 268 g/mol. The quantitative estimate of drug-likeness (QED) is 0.904. The molecule has 5 nitrogen and oxygen atoms in total. The SMILES string of the molecule is COc1ccc2ccnc(NC3CCCC3C(=O)O)c2c1. The minimum Gasteiger partial charge on any atom is -0.497 e. The molecule has 0 aliphatic heterocycles. The Labute approximate surface area is 123 Å². The highest BCUT2D eigenvalue weighted by Gasteiger charge is 2.33. The van der Waals surface area contributed by atoms with E-state index in [2.05, 4.69) is 10.3 Å². The van der Waals surface area contributed by atoms with E-state index in [1.165, 1.54) is 0 Å². The molecule has 1 aromatic heterocycles. The zero-order chi connectivity index (χ0) is 14.8. The fourth-order valence-electron chi connectivity index (χ4n) is 2.99. The predicted octanol–water partition coefficient (Wildman–Crippen LogP) is 2.91. The van der Waals surface area contributed by atoms with Gasteiger partial charge in [0, 0.05) is 17.6 Å². The molecule has 0 saturated heterocycles. The number of fused-ring (bicyclic) bond motifs is 1. The number of ether oxygens (including phenoxy) is 1. The van der Waals surface area contributed by atoms with Crippen LogP contribution in [0.15, 0.2) is 30.5 Å². The molecular formula is C16H18N2O3. The lowest BCUT2D eigenvalue weighted by Gasteiger charge is -2.19. The number of hydrogen-bond donors (Lipinski definition) is 2. The maximum atomic E-state index is 11.3. The van der Waals surface area contributed by atoms with Gasteiger partial charge < -0.3 is 15.2 Å². The molecule has 1 fully saturated rings. The summed E-state index contributed by atoms with van der Waals surface area (Å²) >= 11 is 0. The van der Waals surface area contributed by atoms with Gasteiger partial charge in [0.15, 0.2) is 0 Å². The number of carboxylic acid groups (broad SMARTS) is 1. The second-order valence-corrected chi connectivity index (χ2v) is 5.37.